The number of hydrogen-bond donors (Lipinski definition) is 0. The van der Waals surface area contributed by atoms with E-state index in [2.05, 4.69) is 34.1 Å². The van der Waals surface area contributed by atoms with Gasteiger partial charge in [-0.15, -0.1) is 0 Å². The smallest absolute Gasteiger partial charge is 0.306 e. The van der Waals surface area contributed by atoms with Gasteiger partial charge in [-0.05, 0) is 44.7 Å². The molecule has 7 nitrogen and oxygen atoms in total. The minimum Gasteiger partial charge on any atom is -0.460 e. The maximum absolute atomic E-state index is 12.9. The standard InChI is InChI=1S/C30H41N3O4/c1-29(2,3)37-28(34)18-19-30(33(35)36)22-31(20-24-12-6-4-7-13-24)26-16-10-11-17-27(26)32(23-30)21-25-14-8-5-9-15-25/h4-9,12-15,26-27H,10-11,16-23H2,1-3H3/t26-,27-/m1/s1. The van der Waals surface area contributed by atoms with Crippen molar-refractivity contribution in [3.8, 4) is 0 Å². The molecule has 1 saturated carbocycles. The Morgan fingerprint density at radius 2 is 1.38 bits per heavy atom. The summed E-state index contributed by atoms with van der Waals surface area (Å²) in [4.78, 5) is 30.2. The van der Waals surface area contributed by atoms with Crippen LogP contribution in [0.1, 0.15) is 70.4 Å². The number of rotatable bonds is 8. The summed E-state index contributed by atoms with van der Waals surface area (Å²) >= 11 is 0. The predicted octanol–water partition coefficient (Wildman–Crippen LogP) is 5.45. The molecule has 2 aromatic rings. The van der Waals surface area contributed by atoms with Gasteiger partial charge in [0.25, 0.3) is 0 Å². The molecule has 1 aliphatic heterocycles. The van der Waals surface area contributed by atoms with Crippen LogP contribution in [-0.2, 0) is 22.6 Å². The van der Waals surface area contributed by atoms with Crippen LogP contribution >= 0.6 is 0 Å². The molecule has 0 aromatic heterocycles. The second kappa shape index (κ2) is 11.7. The second-order valence-electron chi connectivity index (χ2n) is 11.8. The summed E-state index contributed by atoms with van der Waals surface area (Å²) in [6.07, 6.45) is 4.52. The van der Waals surface area contributed by atoms with Crippen molar-refractivity contribution >= 4 is 5.97 Å². The highest BCUT2D eigenvalue weighted by atomic mass is 16.6. The van der Waals surface area contributed by atoms with Crippen molar-refractivity contribution in [2.75, 3.05) is 13.1 Å². The van der Waals surface area contributed by atoms with E-state index in [0.29, 0.717) is 26.2 Å². The van der Waals surface area contributed by atoms with E-state index < -0.39 is 11.1 Å². The largest absolute Gasteiger partial charge is 0.460 e. The number of nitro groups is 1. The van der Waals surface area contributed by atoms with Gasteiger partial charge in [-0.2, -0.15) is 0 Å². The van der Waals surface area contributed by atoms with Gasteiger partial charge in [0.2, 0.25) is 5.54 Å². The molecule has 4 rings (SSSR count). The summed E-state index contributed by atoms with van der Waals surface area (Å²) in [5.74, 6) is -0.375. The molecule has 0 N–H and O–H groups in total. The molecule has 2 fully saturated rings. The number of fused-ring (bicyclic) bond motifs is 1. The maximum Gasteiger partial charge on any atom is 0.306 e. The van der Waals surface area contributed by atoms with Crippen LogP contribution in [-0.4, -0.2) is 57.0 Å². The number of benzene rings is 2. The zero-order chi connectivity index (χ0) is 26.5. The number of ether oxygens (including phenoxy) is 1. The van der Waals surface area contributed by atoms with Crippen molar-refractivity contribution in [2.24, 2.45) is 0 Å². The Bertz CT molecular complexity index is 978. The first-order valence-corrected chi connectivity index (χ1v) is 13.6. The monoisotopic (exact) mass is 507 g/mol. The molecule has 0 unspecified atom stereocenters. The molecule has 200 valence electrons. The molecule has 1 aliphatic carbocycles. The lowest BCUT2D eigenvalue weighted by molar-refractivity contribution is -0.571. The van der Waals surface area contributed by atoms with Gasteiger partial charge in [-0.3, -0.25) is 24.7 Å². The SMILES string of the molecule is CC(C)(C)OC(=O)CCC1([N+](=O)[O-])CN(Cc2ccccc2)[C@@H]2CCCC[C@H]2N(Cc2ccccc2)C1. The van der Waals surface area contributed by atoms with Crippen molar-refractivity contribution in [2.45, 2.75) is 95.6 Å². The van der Waals surface area contributed by atoms with Crippen LogP contribution in [0.15, 0.2) is 60.7 Å². The summed E-state index contributed by atoms with van der Waals surface area (Å²) in [5.41, 5.74) is 0.439. The Kier molecular flexibility index (Phi) is 8.65. The number of nitrogens with zero attached hydrogens (tertiary/aromatic N) is 3. The van der Waals surface area contributed by atoms with Crippen LogP contribution in [0, 0.1) is 10.1 Å². The van der Waals surface area contributed by atoms with Crippen LogP contribution in [0.25, 0.3) is 0 Å². The van der Waals surface area contributed by atoms with Crippen molar-refractivity contribution in [3.05, 3.63) is 81.9 Å². The number of esters is 1. The van der Waals surface area contributed by atoms with Crippen LogP contribution in [0.3, 0.4) is 0 Å². The Hall–Kier alpha value is -2.77. The molecule has 2 aliphatic rings. The van der Waals surface area contributed by atoms with Gasteiger partial charge in [0.15, 0.2) is 0 Å². The van der Waals surface area contributed by atoms with Gasteiger partial charge in [-0.1, -0.05) is 73.5 Å². The van der Waals surface area contributed by atoms with E-state index >= 15 is 0 Å². The molecule has 0 spiro atoms. The molecule has 37 heavy (non-hydrogen) atoms. The van der Waals surface area contributed by atoms with E-state index in [1.807, 2.05) is 57.2 Å². The highest BCUT2D eigenvalue weighted by molar-refractivity contribution is 5.69. The third-order valence-corrected chi connectivity index (χ3v) is 7.69. The highest BCUT2D eigenvalue weighted by Gasteiger charge is 2.52. The van der Waals surface area contributed by atoms with E-state index in [1.54, 1.807) is 0 Å². The van der Waals surface area contributed by atoms with Crippen LogP contribution in [0.2, 0.25) is 0 Å². The lowest BCUT2D eigenvalue weighted by Crippen LogP contribution is -2.53. The summed E-state index contributed by atoms with van der Waals surface area (Å²) < 4.78 is 5.54. The zero-order valence-corrected chi connectivity index (χ0v) is 22.5. The Labute approximate surface area is 220 Å². The quantitative estimate of drug-likeness (QED) is 0.269. The number of carbonyl (C=O) groups excluding carboxylic acids is 1. The average Bonchev–Trinajstić information content (AvgIpc) is 2.99. The van der Waals surface area contributed by atoms with Gasteiger partial charge in [-0.25, -0.2) is 0 Å². The van der Waals surface area contributed by atoms with Crippen LogP contribution in [0.5, 0.6) is 0 Å². The first-order valence-electron chi connectivity index (χ1n) is 13.6. The molecule has 0 radical (unpaired) electrons. The van der Waals surface area contributed by atoms with E-state index in [-0.39, 0.29) is 35.8 Å². The summed E-state index contributed by atoms with van der Waals surface area (Å²) in [5, 5.41) is 12.9. The fraction of sp³-hybridized carbons (Fsp3) is 0.567. The lowest BCUT2D eigenvalue weighted by atomic mass is 9.88. The summed E-state index contributed by atoms with van der Waals surface area (Å²) in [7, 11) is 0. The van der Waals surface area contributed by atoms with Crippen molar-refractivity contribution in [3.63, 3.8) is 0 Å². The molecule has 1 heterocycles. The predicted molar refractivity (Wildman–Crippen MR) is 145 cm³/mol. The van der Waals surface area contributed by atoms with Gasteiger partial charge in [0.05, 0.1) is 19.5 Å². The fourth-order valence-electron chi connectivity index (χ4n) is 6.06. The minimum absolute atomic E-state index is 0.0337. The molecule has 2 atom stereocenters. The Morgan fingerprint density at radius 3 is 1.78 bits per heavy atom. The number of hydrogen-bond acceptors (Lipinski definition) is 6. The van der Waals surface area contributed by atoms with E-state index in [4.69, 9.17) is 4.74 Å². The number of carbonyl (C=O) groups is 1. The maximum atomic E-state index is 12.9. The van der Waals surface area contributed by atoms with Gasteiger partial charge < -0.3 is 4.74 Å². The molecular formula is C30H41N3O4. The Balaban J connectivity index is 1.68. The van der Waals surface area contributed by atoms with Crippen molar-refractivity contribution in [1.29, 1.82) is 0 Å². The highest BCUT2D eigenvalue weighted by Crippen LogP contribution is 2.37. The molecule has 0 amide bonds. The molecule has 0 bridgehead atoms. The molecule has 1 saturated heterocycles. The van der Waals surface area contributed by atoms with E-state index in [1.165, 1.54) is 0 Å². The first-order chi connectivity index (χ1) is 17.7. The summed E-state index contributed by atoms with van der Waals surface area (Å²) in [6, 6.07) is 21.0. The third kappa shape index (κ3) is 7.17. The topological polar surface area (TPSA) is 75.9 Å². The van der Waals surface area contributed by atoms with Gasteiger partial charge in [0.1, 0.15) is 5.60 Å². The van der Waals surface area contributed by atoms with Crippen molar-refractivity contribution < 1.29 is 14.5 Å². The molecular weight excluding hydrogens is 466 g/mol. The van der Waals surface area contributed by atoms with Crippen LogP contribution in [0.4, 0.5) is 0 Å². The van der Waals surface area contributed by atoms with Crippen molar-refractivity contribution in [1.82, 2.24) is 9.80 Å². The average molecular weight is 508 g/mol. The third-order valence-electron chi connectivity index (χ3n) is 7.69. The minimum atomic E-state index is -1.27. The summed E-state index contributed by atoms with van der Waals surface area (Å²) in [6.45, 7) is 7.47. The van der Waals surface area contributed by atoms with E-state index in [0.717, 1.165) is 36.8 Å². The van der Waals surface area contributed by atoms with Gasteiger partial charge in [0, 0.05) is 36.5 Å². The Morgan fingerprint density at radius 1 is 0.919 bits per heavy atom. The van der Waals surface area contributed by atoms with E-state index in [9.17, 15) is 14.9 Å². The molecule has 7 heteroatoms. The second-order valence-corrected chi connectivity index (χ2v) is 11.8. The van der Waals surface area contributed by atoms with Crippen LogP contribution < -0.4 is 0 Å². The molecule has 2 aromatic carbocycles. The van der Waals surface area contributed by atoms with Gasteiger partial charge >= 0.3 is 5.97 Å². The lowest BCUT2D eigenvalue weighted by Gasteiger charge is -2.42. The fourth-order valence-corrected chi connectivity index (χ4v) is 6.06. The first kappa shape index (κ1) is 27.3. The zero-order valence-electron chi connectivity index (χ0n) is 22.5. The normalized spacial score (nSPS) is 22.6.